The number of nitrogens with one attached hydrogen (secondary N) is 1. The average molecular weight is 551 g/mol. The van der Waals surface area contributed by atoms with E-state index in [9.17, 15) is 14.4 Å². The lowest BCUT2D eigenvalue weighted by atomic mass is 10.0. The van der Waals surface area contributed by atoms with Gasteiger partial charge in [0.15, 0.2) is 0 Å². The molecule has 0 spiro atoms. The van der Waals surface area contributed by atoms with E-state index in [0.717, 1.165) is 33.7 Å². The molecule has 3 amide bonds. The lowest BCUT2D eigenvalue weighted by molar-refractivity contribution is -0.143. The van der Waals surface area contributed by atoms with E-state index in [-0.39, 0.29) is 23.6 Å². The summed E-state index contributed by atoms with van der Waals surface area (Å²) in [7, 11) is 0. The first-order valence-corrected chi connectivity index (χ1v) is 14.2. The summed E-state index contributed by atoms with van der Waals surface area (Å²) < 4.78 is 0. The van der Waals surface area contributed by atoms with Crippen LogP contribution < -0.4 is 5.32 Å². The number of hydrogen-bond donors (Lipinski definition) is 1. The van der Waals surface area contributed by atoms with Crippen molar-refractivity contribution in [1.82, 2.24) is 20.1 Å². The van der Waals surface area contributed by atoms with Crippen LogP contribution in [0.4, 0.5) is 0 Å². The van der Waals surface area contributed by atoms with Crippen LogP contribution in [0.1, 0.15) is 53.9 Å². The van der Waals surface area contributed by atoms with Crippen molar-refractivity contribution in [3.63, 3.8) is 0 Å². The van der Waals surface area contributed by atoms with Gasteiger partial charge in [0.05, 0.1) is 16.1 Å². The maximum Gasteiger partial charge on any atom is 0.255 e. The Bertz CT molecular complexity index is 1370. The SMILES string of the molecule is Cc1ncsc1-c1ccc(CNC(=O)C2CCCN2C(=O)C(C(C)C)N2Cc3cc(Cl)ccc3C2=O)cc1. The smallest absolute Gasteiger partial charge is 0.255 e. The molecule has 2 aliphatic rings. The molecular formula is C29H31ClN4O3S. The van der Waals surface area contributed by atoms with Gasteiger partial charge in [-0.15, -0.1) is 11.3 Å². The van der Waals surface area contributed by atoms with E-state index in [1.54, 1.807) is 39.3 Å². The Kier molecular flexibility index (Phi) is 7.54. The summed E-state index contributed by atoms with van der Waals surface area (Å²) in [5.74, 6) is -0.611. The molecule has 38 heavy (non-hydrogen) atoms. The third-order valence-corrected chi connectivity index (χ3v) is 8.60. The molecule has 2 atom stereocenters. The van der Waals surface area contributed by atoms with Crippen molar-refractivity contribution in [1.29, 1.82) is 0 Å². The molecule has 0 saturated carbocycles. The van der Waals surface area contributed by atoms with Crippen molar-refractivity contribution >= 4 is 40.7 Å². The molecular weight excluding hydrogens is 520 g/mol. The minimum Gasteiger partial charge on any atom is -0.350 e. The van der Waals surface area contributed by atoms with Gasteiger partial charge >= 0.3 is 0 Å². The standard InChI is InChI=1S/C29H31ClN4O3S/c1-17(2)25(34-15-21-13-22(30)10-11-23(21)28(34)36)29(37)33-12-4-5-24(33)27(35)31-14-19-6-8-20(9-7-19)26-18(3)32-16-38-26/h6-11,13,16-17,24-25H,4-5,12,14-15H2,1-3H3,(H,31,35). The van der Waals surface area contributed by atoms with Crippen LogP contribution in [0.5, 0.6) is 0 Å². The number of carbonyl (C=O) groups excluding carboxylic acids is 3. The molecule has 2 aliphatic heterocycles. The molecule has 1 N–H and O–H groups in total. The maximum atomic E-state index is 13.8. The Balaban J connectivity index is 1.25. The van der Waals surface area contributed by atoms with E-state index in [0.29, 0.717) is 36.6 Å². The fourth-order valence-electron chi connectivity index (χ4n) is 5.45. The van der Waals surface area contributed by atoms with E-state index in [1.165, 1.54) is 0 Å². The zero-order chi connectivity index (χ0) is 27.0. The molecule has 1 saturated heterocycles. The van der Waals surface area contributed by atoms with Gasteiger partial charge in [-0.1, -0.05) is 49.7 Å². The van der Waals surface area contributed by atoms with Gasteiger partial charge in [-0.2, -0.15) is 0 Å². The largest absolute Gasteiger partial charge is 0.350 e. The van der Waals surface area contributed by atoms with Crippen LogP contribution in [0.2, 0.25) is 5.02 Å². The van der Waals surface area contributed by atoms with Gasteiger partial charge in [0, 0.05) is 30.2 Å². The van der Waals surface area contributed by atoms with Gasteiger partial charge in [0.25, 0.3) is 5.91 Å². The molecule has 3 heterocycles. The van der Waals surface area contributed by atoms with Crippen molar-refractivity contribution in [2.24, 2.45) is 5.92 Å². The molecule has 9 heteroatoms. The van der Waals surface area contributed by atoms with E-state index in [2.05, 4.69) is 10.3 Å². The van der Waals surface area contributed by atoms with Gasteiger partial charge in [0.2, 0.25) is 11.8 Å². The number of thiazole rings is 1. The monoisotopic (exact) mass is 550 g/mol. The third-order valence-electron chi connectivity index (χ3n) is 7.39. The van der Waals surface area contributed by atoms with Crippen molar-refractivity contribution in [2.75, 3.05) is 6.54 Å². The number of rotatable bonds is 7. The molecule has 198 valence electrons. The topological polar surface area (TPSA) is 82.6 Å². The normalized spacial score (nSPS) is 17.7. The fraction of sp³-hybridized carbons (Fsp3) is 0.379. The summed E-state index contributed by atoms with van der Waals surface area (Å²) in [6.07, 6.45) is 1.36. The highest BCUT2D eigenvalue weighted by molar-refractivity contribution is 7.13. The lowest BCUT2D eigenvalue weighted by Gasteiger charge is -2.35. The Hall–Kier alpha value is -3.23. The molecule has 3 aromatic rings. The van der Waals surface area contributed by atoms with E-state index in [4.69, 9.17) is 11.6 Å². The van der Waals surface area contributed by atoms with Crippen LogP contribution in [0.25, 0.3) is 10.4 Å². The fourth-order valence-corrected chi connectivity index (χ4v) is 6.45. The van der Waals surface area contributed by atoms with Gasteiger partial charge in [-0.05, 0) is 60.6 Å². The summed E-state index contributed by atoms with van der Waals surface area (Å²) in [5, 5.41) is 3.59. The molecule has 0 radical (unpaired) electrons. The number of aromatic nitrogens is 1. The Morgan fingerprint density at radius 1 is 1.18 bits per heavy atom. The van der Waals surface area contributed by atoms with E-state index < -0.39 is 12.1 Å². The summed E-state index contributed by atoms with van der Waals surface area (Å²) >= 11 is 7.75. The Morgan fingerprint density at radius 2 is 1.95 bits per heavy atom. The first kappa shape index (κ1) is 26.4. The second kappa shape index (κ2) is 10.9. The predicted molar refractivity (Wildman–Crippen MR) is 149 cm³/mol. The Labute approximate surface area is 231 Å². The number of nitrogens with zero attached hydrogens (tertiary/aromatic N) is 3. The van der Waals surface area contributed by atoms with Crippen molar-refractivity contribution < 1.29 is 14.4 Å². The van der Waals surface area contributed by atoms with Gasteiger partial charge < -0.3 is 15.1 Å². The molecule has 1 aromatic heterocycles. The van der Waals surface area contributed by atoms with Crippen molar-refractivity contribution in [3.8, 4) is 10.4 Å². The molecule has 5 rings (SSSR count). The number of aryl methyl sites for hydroxylation is 1. The lowest BCUT2D eigenvalue weighted by Crippen LogP contribution is -2.55. The van der Waals surface area contributed by atoms with Gasteiger partial charge in [-0.3, -0.25) is 14.4 Å². The highest BCUT2D eigenvalue weighted by Crippen LogP contribution is 2.32. The van der Waals surface area contributed by atoms with Crippen molar-refractivity contribution in [3.05, 3.63) is 75.4 Å². The number of fused-ring (bicyclic) bond motifs is 1. The molecule has 0 bridgehead atoms. The zero-order valence-corrected chi connectivity index (χ0v) is 23.3. The second-order valence-corrected chi connectivity index (χ2v) is 11.6. The number of hydrogen-bond acceptors (Lipinski definition) is 5. The van der Waals surface area contributed by atoms with Crippen LogP contribution in [0, 0.1) is 12.8 Å². The number of likely N-dealkylation sites (tertiary alicyclic amines) is 1. The summed E-state index contributed by atoms with van der Waals surface area (Å²) in [6.45, 7) is 7.10. The van der Waals surface area contributed by atoms with Gasteiger partial charge in [0.1, 0.15) is 12.1 Å². The first-order valence-electron chi connectivity index (χ1n) is 12.9. The molecule has 2 aromatic carbocycles. The second-order valence-electron chi connectivity index (χ2n) is 10.3. The summed E-state index contributed by atoms with van der Waals surface area (Å²) in [4.78, 5) is 49.0. The number of amides is 3. The number of halogens is 1. The maximum absolute atomic E-state index is 13.8. The van der Waals surface area contributed by atoms with E-state index >= 15 is 0 Å². The molecule has 1 fully saturated rings. The van der Waals surface area contributed by atoms with Crippen LogP contribution in [0.3, 0.4) is 0 Å². The first-order chi connectivity index (χ1) is 18.2. The number of carbonyl (C=O) groups is 3. The number of benzene rings is 2. The minimum absolute atomic E-state index is 0.110. The summed E-state index contributed by atoms with van der Waals surface area (Å²) in [6, 6.07) is 12.1. The minimum atomic E-state index is -0.648. The predicted octanol–water partition coefficient (Wildman–Crippen LogP) is 5.06. The van der Waals surface area contributed by atoms with Gasteiger partial charge in [-0.25, -0.2) is 4.98 Å². The quantitative estimate of drug-likeness (QED) is 0.446. The van der Waals surface area contributed by atoms with E-state index in [1.807, 2.05) is 50.5 Å². The highest BCUT2D eigenvalue weighted by atomic mass is 35.5. The third kappa shape index (κ3) is 5.07. The van der Waals surface area contributed by atoms with Crippen LogP contribution in [0.15, 0.2) is 48.0 Å². The van der Waals surface area contributed by atoms with Crippen LogP contribution in [-0.2, 0) is 22.7 Å². The average Bonchev–Trinajstić information content (AvgIpc) is 3.62. The van der Waals surface area contributed by atoms with Crippen LogP contribution >= 0.6 is 22.9 Å². The van der Waals surface area contributed by atoms with Crippen molar-refractivity contribution in [2.45, 2.75) is 58.8 Å². The molecule has 2 unspecified atom stereocenters. The van der Waals surface area contributed by atoms with Crippen LogP contribution in [-0.4, -0.2) is 51.1 Å². The molecule has 0 aliphatic carbocycles. The molecule has 7 nitrogen and oxygen atoms in total. The highest BCUT2D eigenvalue weighted by Gasteiger charge is 2.43. The zero-order valence-electron chi connectivity index (χ0n) is 21.7. The summed E-state index contributed by atoms with van der Waals surface area (Å²) in [5.41, 5.74) is 6.34. The Morgan fingerprint density at radius 3 is 2.63 bits per heavy atom.